The van der Waals surface area contributed by atoms with Crippen LogP contribution in [0.4, 0.5) is 0 Å². The molecule has 118 valence electrons. The molecule has 5 nitrogen and oxygen atoms in total. The van der Waals surface area contributed by atoms with E-state index in [9.17, 15) is 4.79 Å². The van der Waals surface area contributed by atoms with Crippen molar-refractivity contribution >= 4 is 5.97 Å². The van der Waals surface area contributed by atoms with Gasteiger partial charge in [0.15, 0.2) is 0 Å². The quantitative estimate of drug-likeness (QED) is 0.626. The number of carbonyl (C=O) groups is 1. The normalized spacial score (nSPS) is 23.1. The smallest absolute Gasteiger partial charge is 0.323 e. The molecule has 0 bridgehead atoms. The van der Waals surface area contributed by atoms with Crippen LogP contribution in [0.2, 0.25) is 0 Å². The predicted molar refractivity (Wildman–Crippen MR) is 81.8 cm³/mol. The molecular weight excluding hydrogens is 254 g/mol. The van der Waals surface area contributed by atoms with Crippen molar-refractivity contribution in [2.24, 2.45) is 5.73 Å². The summed E-state index contributed by atoms with van der Waals surface area (Å²) in [4.78, 5) is 15.8. The van der Waals surface area contributed by atoms with Gasteiger partial charge in [0, 0.05) is 12.6 Å². The first-order chi connectivity index (χ1) is 9.36. The average Bonchev–Trinajstić information content (AvgIpc) is 2.81. The fourth-order valence-corrected chi connectivity index (χ4v) is 2.95. The van der Waals surface area contributed by atoms with Gasteiger partial charge < -0.3 is 15.7 Å². The van der Waals surface area contributed by atoms with Gasteiger partial charge in [-0.25, -0.2) is 0 Å². The number of carboxylic acid groups (broad SMARTS) is 1. The van der Waals surface area contributed by atoms with E-state index < -0.39 is 11.5 Å². The fourth-order valence-electron chi connectivity index (χ4n) is 2.95. The first-order valence-electron chi connectivity index (χ1n) is 7.81. The maximum atomic E-state index is 10.9. The molecule has 5 heteroatoms. The number of hydrogen-bond acceptors (Lipinski definition) is 4. The second kappa shape index (κ2) is 7.96. The van der Waals surface area contributed by atoms with Gasteiger partial charge in [-0.05, 0) is 65.7 Å². The highest BCUT2D eigenvalue weighted by Crippen LogP contribution is 2.17. The molecule has 0 spiro atoms. The molecule has 2 unspecified atom stereocenters. The van der Waals surface area contributed by atoms with Crippen molar-refractivity contribution in [2.45, 2.75) is 57.5 Å². The van der Waals surface area contributed by atoms with Crippen LogP contribution in [0.3, 0.4) is 0 Å². The molecule has 0 aromatic carbocycles. The first kappa shape index (κ1) is 17.4. The molecule has 2 atom stereocenters. The van der Waals surface area contributed by atoms with Crippen LogP contribution in [-0.2, 0) is 4.79 Å². The summed E-state index contributed by atoms with van der Waals surface area (Å²) in [5.41, 5.74) is 4.64. The largest absolute Gasteiger partial charge is 0.480 e. The molecule has 0 saturated carbocycles. The maximum Gasteiger partial charge on any atom is 0.323 e. The number of likely N-dealkylation sites (tertiary alicyclic amines) is 1. The van der Waals surface area contributed by atoms with Crippen molar-refractivity contribution in [3.63, 3.8) is 0 Å². The molecule has 1 aliphatic heterocycles. The molecule has 20 heavy (non-hydrogen) atoms. The third-order valence-corrected chi connectivity index (χ3v) is 4.40. The van der Waals surface area contributed by atoms with Crippen molar-refractivity contribution in [2.75, 3.05) is 33.2 Å². The summed E-state index contributed by atoms with van der Waals surface area (Å²) < 4.78 is 0. The third-order valence-electron chi connectivity index (χ3n) is 4.40. The number of rotatable bonds is 9. The van der Waals surface area contributed by atoms with Crippen LogP contribution in [0, 0.1) is 0 Å². The summed E-state index contributed by atoms with van der Waals surface area (Å²) in [7, 11) is 2.16. The Morgan fingerprint density at radius 2 is 2.20 bits per heavy atom. The highest BCUT2D eigenvalue weighted by atomic mass is 16.4. The fraction of sp³-hybridized carbons (Fsp3) is 0.933. The lowest BCUT2D eigenvalue weighted by Gasteiger charge is -2.28. The molecule has 1 fully saturated rings. The molecule has 0 amide bonds. The zero-order valence-electron chi connectivity index (χ0n) is 13.3. The summed E-state index contributed by atoms with van der Waals surface area (Å²) in [6.07, 6.45) is 5.04. The Morgan fingerprint density at radius 1 is 1.50 bits per heavy atom. The highest BCUT2D eigenvalue weighted by Gasteiger charge is 2.27. The second-order valence-corrected chi connectivity index (χ2v) is 6.37. The van der Waals surface area contributed by atoms with E-state index in [0.717, 1.165) is 32.5 Å². The standard InChI is InChI=1S/C15H31N3O2/c1-4-18-11-7-8-13(18)12-17(3)10-6-5-9-15(2,16)14(19)20/h13H,4-12,16H2,1-3H3,(H,19,20). The van der Waals surface area contributed by atoms with E-state index in [4.69, 9.17) is 10.8 Å². The summed E-state index contributed by atoms with van der Waals surface area (Å²) in [6.45, 7) is 8.33. The topological polar surface area (TPSA) is 69.8 Å². The lowest BCUT2D eigenvalue weighted by Crippen LogP contribution is -2.44. The monoisotopic (exact) mass is 285 g/mol. The van der Waals surface area contributed by atoms with Crippen molar-refractivity contribution in [1.82, 2.24) is 9.80 Å². The van der Waals surface area contributed by atoms with Gasteiger partial charge in [-0.3, -0.25) is 9.69 Å². The Labute approximate surface area is 123 Å². The van der Waals surface area contributed by atoms with Gasteiger partial charge in [-0.15, -0.1) is 0 Å². The highest BCUT2D eigenvalue weighted by molar-refractivity contribution is 5.77. The van der Waals surface area contributed by atoms with Gasteiger partial charge in [0.1, 0.15) is 5.54 Å². The Balaban J connectivity index is 2.17. The van der Waals surface area contributed by atoms with E-state index in [1.165, 1.54) is 19.4 Å². The Bertz CT molecular complexity index is 307. The minimum absolute atomic E-state index is 0.542. The number of nitrogens with zero attached hydrogens (tertiary/aromatic N) is 2. The van der Waals surface area contributed by atoms with Crippen molar-refractivity contribution in [1.29, 1.82) is 0 Å². The number of nitrogens with two attached hydrogens (primary N) is 1. The van der Waals surface area contributed by atoms with Crippen LogP contribution >= 0.6 is 0 Å². The van der Waals surface area contributed by atoms with Crippen LogP contribution in [0.15, 0.2) is 0 Å². The Kier molecular flexibility index (Phi) is 6.92. The van der Waals surface area contributed by atoms with Crippen LogP contribution < -0.4 is 5.73 Å². The van der Waals surface area contributed by atoms with Crippen LogP contribution in [0.25, 0.3) is 0 Å². The number of carboxylic acids is 1. The van der Waals surface area contributed by atoms with E-state index in [-0.39, 0.29) is 0 Å². The van der Waals surface area contributed by atoms with E-state index in [0.29, 0.717) is 12.5 Å². The van der Waals surface area contributed by atoms with Crippen LogP contribution in [0.1, 0.15) is 46.0 Å². The van der Waals surface area contributed by atoms with E-state index in [1.54, 1.807) is 6.92 Å². The molecule has 1 rings (SSSR count). The zero-order valence-corrected chi connectivity index (χ0v) is 13.3. The molecule has 0 radical (unpaired) electrons. The molecule has 1 saturated heterocycles. The number of hydrogen-bond donors (Lipinski definition) is 2. The molecule has 3 N–H and O–H groups in total. The van der Waals surface area contributed by atoms with Gasteiger partial charge in [0.2, 0.25) is 0 Å². The minimum atomic E-state index is -1.08. The Hall–Kier alpha value is -0.650. The lowest BCUT2D eigenvalue weighted by atomic mass is 9.96. The maximum absolute atomic E-state index is 10.9. The minimum Gasteiger partial charge on any atom is -0.480 e. The van der Waals surface area contributed by atoms with E-state index >= 15 is 0 Å². The predicted octanol–water partition coefficient (Wildman–Crippen LogP) is 1.37. The van der Waals surface area contributed by atoms with Gasteiger partial charge in [0.25, 0.3) is 0 Å². The van der Waals surface area contributed by atoms with Gasteiger partial charge in [-0.2, -0.15) is 0 Å². The SMILES string of the molecule is CCN1CCCC1CN(C)CCCCC(C)(N)C(=O)O. The van der Waals surface area contributed by atoms with E-state index in [2.05, 4.69) is 23.8 Å². The summed E-state index contributed by atoms with van der Waals surface area (Å²) >= 11 is 0. The lowest BCUT2D eigenvalue weighted by molar-refractivity contribution is -0.142. The molecule has 1 heterocycles. The van der Waals surface area contributed by atoms with Gasteiger partial charge >= 0.3 is 5.97 Å². The third kappa shape index (κ3) is 5.38. The van der Waals surface area contributed by atoms with Gasteiger partial charge in [0.05, 0.1) is 0 Å². The summed E-state index contributed by atoms with van der Waals surface area (Å²) in [6, 6.07) is 0.698. The molecular formula is C15H31N3O2. The Morgan fingerprint density at radius 3 is 2.80 bits per heavy atom. The average molecular weight is 285 g/mol. The van der Waals surface area contributed by atoms with Crippen molar-refractivity contribution in [3.05, 3.63) is 0 Å². The number of unbranched alkanes of at least 4 members (excludes halogenated alkanes) is 1. The summed E-state index contributed by atoms with van der Waals surface area (Å²) in [5, 5.41) is 8.95. The molecule has 0 aliphatic carbocycles. The zero-order chi connectivity index (χ0) is 15.2. The van der Waals surface area contributed by atoms with Crippen LogP contribution in [-0.4, -0.2) is 65.7 Å². The first-order valence-corrected chi connectivity index (χ1v) is 7.81. The second-order valence-electron chi connectivity index (χ2n) is 6.37. The summed E-state index contributed by atoms with van der Waals surface area (Å²) in [5.74, 6) is -0.907. The molecule has 0 aromatic heterocycles. The number of likely N-dealkylation sites (N-methyl/N-ethyl adjacent to an activating group) is 2. The van der Waals surface area contributed by atoms with Crippen molar-refractivity contribution in [3.8, 4) is 0 Å². The van der Waals surface area contributed by atoms with Crippen LogP contribution in [0.5, 0.6) is 0 Å². The molecule has 0 aromatic rings. The van der Waals surface area contributed by atoms with Gasteiger partial charge in [-0.1, -0.05) is 6.92 Å². The molecule has 1 aliphatic rings. The van der Waals surface area contributed by atoms with E-state index in [1.807, 2.05) is 0 Å². The number of aliphatic carboxylic acids is 1. The van der Waals surface area contributed by atoms with Crippen molar-refractivity contribution < 1.29 is 9.90 Å².